The summed E-state index contributed by atoms with van der Waals surface area (Å²) in [5.41, 5.74) is -0.833. The van der Waals surface area contributed by atoms with E-state index in [0.717, 1.165) is 6.42 Å². The van der Waals surface area contributed by atoms with Crippen molar-refractivity contribution < 1.29 is 14.3 Å². The average Bonchev–Trinajstić information content (AvgIpc) is 2.83. The number of hydrogen-bond donors (Lipinski definition) is 0. The second-order valence-corrected chi connectivity index (χ2v) is 4.95. The van der Waals surface area contributed by atoms with Gasteiger partial charge in [-0.3, -0.25) is 4.79 Å². The summed E-state index contributed by atoms with van der Waals surface area (Å²) < 4.78 is 11.2. The second-order valence-electron chi connectivity index (χ2n) is 4.95. The minimum absolute atomic E-state index is 0.0571. The maximum atomic E-state index is 11.8. The molecule has 0 amide bonds. The van der Waals surface area contributed by atoms with E-state index in [4.69, 9.17) is 9.47 Å². The number of carbonyl (C=O) groups excluding carboxylic acids is 1. The highest BCUT2D eigenvalue weighted by Gasteiger charge is 2.42. The van der Waals surface area contributed by atoms with Gasteiger partial charge in [0.1, 0.15) is 5.41 Å². The molecule has 1 saturated carbocycles. The molecule has 1 fully saturated rings. The van der Waals surface area contributed by atoms with Gasteiger partial charge in [0, 0.05) is 12.8 Å². The van der Waals surface area contributed by atoms with Gasteiger partial charge in [-0.15, -0.1) is 0 Å². The third-order valence-corrected chi connectivity index (χ3v) is 3.69. The van der Waals surface area contributed by atoms with Crippen LogP contribution in [0.1, 0.15) is 32.6 Å². The number of ketones is 1. The number of Topliss-reactive ketones (excluding diaryl/α,β-unsaturated/α-hetero) is 1. The topological polar surface area (TPSA) is 59.3 Å². The average molecular weight is 273 g/mol. The first-order valence-electron chi connectivity index (χ1n) is 7.01. The Bertz CT molecular complexity index is 521. The highest BCUT2D eigenvalue weighted by molar-refractivity contribution is 5.89. The molecule has 1 unspecified atom stereocenters. The quantitative estimate of drug-likeness (QED) is 0.799. The molecule has 0 spiro atoms. The van der Waals surface area contributed by atoms with Gasteiger partial charge in [0.05, 0.1) is 19.3 Å². The number of nitrogens with zero attached hydrogens (tertiary/aromatic N) is 1. The zero-order valence-corrected chi connectivity index (χ0v) is 11.7. The number of benzene rings is 1. The van der Waals surface area contributed by atoms with Crippen LogP contribution in [0.15, 0.2) is 24.3 Å². The maximum Gasteiger partial charge on any atom is 0.161 e. The van der Waals surface area contributed by atoms with E-state index in [1.54, 1.807) is 0 Å². The molecule has 4 nitrogen and oxygen atoms in total. The van der Waals surface area contributed by atoms with Crippen molar-refractivity contribution in [1.82, 2.24) is 0 Å². The summed E-state index contributed by atoms with van der Waals surface area (Å²) in [5, 5.41) is 9.27. The number of para-hydroxylation sites is 2. The first-order valence-corrected chi connectivity index (χ1v) is 7.01. The van der Waals surface area contributed by atoms with Crippen LogP contribution in [0, 0.1) is 16.7 Å². The monoisotopic (exact) mass is 273 g/mol. The van der Waals surface area contributed by atoms with Crippen molar-refractivity contribution in [3.05, 3.63) is 24.3 Å². The van der Waals surface area contributed by atoms with E-state index in [1.165, 1.54) is 0 Å². The molecule has 0 N–H and O–H groups in total. The van der Waals surface area contributed by atoms with Crippen molar-refractivity contribution >= 4 is 5.78 Å². The Morgan fingerprint density at radius 1 is 1.30 bits per heavy atom. The lowest BCUT2D eigenvalue weighted by molar-refractivity contribution is -0.123. The summed E-state index contributed by atoms with van der Waals surface area (Å²) in [5.74, 6) is 1.41. The van der Waals surface area contributed by atoms with Gasteiger partial charge in [0.2, 0.25) is 0 Å². The predicted molar refractivity (Wildman–Crippen MR) is 74.6 cm³/mol. The van der Waals surface area contributed by atoms with Crippen LogP contribution in [0.2, 0.25) is 0 Å². The Morgan fingerprint density at radius 2 is 2.00 bits per heavy atom. The standard InChI is InChI=1S/C16H19NO3/c1-2-19-13-6-3-4-7-14(13)20-11-10-16(12-17)9-5-8-15(16)18/h3-4,6-7H,2,5,8-11H2,1H3. The zero-order chi connectivity index (χ0) is 14.4. The molecule has 1 aliphatic rings. The van der Waals surface area contributed by atoms with Gasteiger partial charge in [0.25, 0.3) is 0 Å². The summed E-state index contributed by atoms with van der Waals surface area (Å²) in [6, 6.07) is 9.63. The third kappa shape index (κ3) is 2.93. The minimum Gasteiger partial charge on any atom is -0.490 e. The van der Waals surface area contributed by atoms with Gasteiger partial charge < -0.3 is 9.47 Å². The van der Waals surface area contributed by atoms with Crippen molar-refractivity contribution in [2.45, 2.75) is 32.6 Å². The Hall–Kier alpha value is -2.02. The molecule has 0 aromatic heterocycles. The summed E-state index contributed by atoms with van der Waals surface area (Å²) in [6.07, 6.45) is 2.42. The van der Waals surface area contributed by atoms with Crippen molar-refractivity contribution in [2.24, 2.45) is 5.41 Å². The molecule has 0 saturated heterocycles. The lowest BCUT2D eigenvalue weighted by Gasteiger charge is -2.19. The van der Waals surface area contributed by atoms with Crippen LogP contribution >= 0.6 is 0 Å². The molecule has 0 aliphatic heterocycles. The molecule has 1 aliphatic carbocycles. The number of ether oxygens (including phenoxy) is 2. The molecule has 1 atom stereocenters. The Morgan fingerprint density at radius 3 is 2.55 bits per heavy atom. The van der Waals surface area contributed by atoms with Gasteiger partial charge in [-0.1, -0.05) is 12.1 Å². The van der Waals surface area contributed by atoms with E-state index in [0.29, 0.717) is 44.0 Å². The first kappa shape index (κ1) is 14.4. The molecular weight excluding hydrogens is 254 g/mol. The van der Waals surface area contributed by atoms with E-state index < -0.39 is 5.41 Å². The van der Waals surface area contributed by atoms with E-state index in [2.05, 4.69) is 6.07 Å². The maximum absolute atomic E-state index is 11.8. The Kier molecular flexibility index (Phi) is 4.62. The van der Waals surface area contributed by atoms with Crippen molar-refractivity contribution in [1.29, 1.82) is 5.26 Å². The van der Waals surface area contributed by atoms with E-state index in [-0.39, 0.29) is 5.78 Å². The molecule has 1 aromatic rings. The normalized spacial score (nSPS) is 21.5. The SMILES string of the molecule is CCOc1ccccc1OCCC1(C#N)CCCC1=O. The first-order chi connectivity index (χ1) is 9.72. The fraction of sp³-hybridized carbons (Fsp3) is 0.500. The third-order valence-electron chi connectivity index (χ3n) is 3.69. The highest BCUT2D eigenvalue weighted by atomic mass is 16.5. The Labute approximate surface area is 119 Å². The molecule has 20 heavy (non-hydrogen) atoms. The van der Waals surface area contributed by atoms with Crippen LogP contribution in [0.3, 0.4) is 0 Å². The predicted octanol–water partition coefficient (Wildman–Crippen LogP) is 3.12. The largest absolute Gasteiger partial charge is 0.490 e. The van der Waals surface area contributed by atoms with Crippen molar-refractivity contribution in [2.75, 3.05) is 13.2 Å². The molecule has 0 bridgehead atoms. The van der Waals surface area contributed by atoms with Gasteiger partial charge in [-0.05, 0) is 31.9 Å². The smallest absolute Gasteiger partial charge is 0.161 e. The van der Waals surface area contributed by atoms with Gasteiger partial charge in [-0.2, -0.15) is 5.26 Å². The molecule has 2 rings (SSSR count). The lowest BCUT2D eigenvalue weighted by Crippen LogP contribution is -2.26. The lowest BCUT2D eigenvalue weighted by atomic mass is 9.84. The molecule has 106 valence electrons. The molecule has 0 heterocycles. The van der Waals surface area contributed by atoms with Crippen LogP contribution in [0.25, 0.3) is 0 Å². The van der Waals surface area contributed by atoms with Gasteiger partial charge in [-0.25, -0.2) is 0 Å². The van der Waals surface area contributed by atoms with Crippen LogP contribution in [-0.2, 0) is 4.79 Å². The van der Waals surface area contributed by atoms with E-state index in [9.17, 15) is 10.1 Å². The minimum atomic E-state index is -0.833. The summed E-state index contributed by atoms with van der Waals surface area (Å²) >= 11 is 0. The highest BCUT2D eigenvalue weighted by Crippen LogP contribution is 2.37. The van der Waals surface area contributed by atoms with Crippen LogP contribution in [0.4, 0.5) is 0 Å². The summed E-state index contributed by atoms with van der Waals surface area (Å²) in [6.45, 7) is 2.84. The molecule has 1 aromatic carbocycles. The second kappa shape index (κ2) is 6.42. The molecule has 4 heteroatoms. The van der Waals surface area contributed by atoms with Gasteiger partial charge >= 0.3 is 0 Å². The van der Waals surface area contributed by atoms with Crippen LogP contribution < -0.4 is 9.47 Å². The van der Waals surface area contributed by atoms with Crippen LogP contribution in [-0.4, -0.2) is 19.0 Å². The zero-order valence-electron chi connectivity index (χ0n) is 11.7. The summed E-state index contributed by atoms with van der Waals surface area (Å²) in [4.78, 5) is 11.8. The van der Waals surface area contributed by atoms with Crippen molar-refractivity contribution in [3.63, 3.8) is 0 Å². The fourth-order valence-corrected chi connectivity index (χ4v) is 2.55. The number of hydrogen-bond acceptors (Lipinski definition) is 4. The Balaban J connectivity index is 1.96. The van der Waals surface area contributed by atoms with E-state index >= 15 is 0 Å². The molecule has 0 radical (unpaired) electrons. The van der Waals surface area contributed by atoms with E-state index in [1.807, 2.05) is 31.2 Å². The van der Waals surface area contributed by atoms with Gasteiger partial charge in [0.15, 0.2) is 17.3 Å². The summed E-state index contributed by atoms with van der Waals surface area (Å²) in [7, 11) is 0. The van der Waals surface area contributed by atoms with Crippen molar-refractivity contribution in [3.8, 4) is 17.6 Å². The number of carbonyl (C=O) groups is 1. The number of nitriles is 1. The fourth-order valence-electron chi connectivity index (χ4n) is 2.55. The van der Waals surface area contributed by atoms with Crippen LogP contribution in [0.5, 0.6) is 11.5 Å². The molecular formula is C16H19NO3. The number of rotatable bonds is 6.